The van der Waals surface area contributed by atoms with Crippen LogP contribution < -0.4 is 48.7 Å². The van der Waals surface area contributed by atoms with Crippen LogP contribution >= 0.6 is 22.7 Å². The molecular formula is C66H95N11O11S2. The first-order valence-corrected chi connectivity index (χ1v) is 33.7. The number of aliphatic hydroxyl groups is 1. The lowest BCUT2D eigenvalue weighted by atomic mass is 9.96. The van der Waals surface area contributed by atoms with Crippen molar-refractivity contribution in [2.75, 3.05) is 26.2 Å². The van der Waals surface area contributed by atoms with Crippen molar-refractivity contribution in [3.63, 3.8) is 0 Å². The van der Waals surface area contributed by atoms with Crippen molar-refractivity contribution in [3.8, 4) is 0 Å². The number of hydrogen-bond donors (Lipinski definition) is 10. The zero-order valence-electron chi connectivity index (χ0n) is 53.8. The van der Waals surface area contributed by atoms with Gasteiger partial charge in [-0.05, 0) is 161 Å². The summed E-state index contributed by atoms with van der Waals surface area (Å²) in [5.41, 5.74) is 16.5. The number of aryl methyl sites for hydroxylation is 2. The number of benzene rings is 1. The van der Waals surface area contributed by atoms with E-state index >= 15 is 4.79 Å². The Balaban J connectivity index is 1.27. The van der Waals surface area contributed by atoms with E-state index in [1.165, 1.54) is 32.5 Å². The molecule has 0 spiro atoms. The van der Waals surface area contributed by atoms with Gasteiger partial charge in [0.1, 0.15) is 48.3 Å². The van der Waals surface area contributed by atoms with Crippen LogP contribution in [0.1, 0.15) is 172 Å². The average molecular weight is 1280 g/mol. The molecule has 24 heteroatoms. The Kier molecular flexibility index (Phi) is 25.0. The zero-order chi connectivity index (χ0) is 65.8. The van der Waals surface area contributed by atoms with Crippen LogP contribution in [-0.4, -0.2) is 161 Å². The van der Waals surface area contributed by atoms with Crippen LogP contribution in [0.3, 0.4) is 0 Å². The summed E-state index contributed by atoms with van der Waals surface area (Å²) >= 11 is 2.66. The fourth-order valence-corrected chi connectivity index (χ4v) is 14.5. The van der Waals surface area contributed by atoms with Crippen molar-refractivity contribution in [2.45, 2.75) is 207 Å². The molecule has 4 aliphatic rings. The zero-order valence-corrected chi connectivity index (χ0v) is 55.5. The number of fused-ring (bicyclic) bond motifs is 8. The summed E-state index contributed by atoms with van der Waals surface area (Å²) in [6, 6.07) is 1.86. The molecule has 1 aliphatic carbocycles. The van der Waals surface area contributed by atoms with E-state index in [1.807, 2.05) is 26.0 Å². The van der Waals surface area contributed by atoms with Gasteiger partial charge in [-0.3, -0.25) is 47.9 Å². The molecular weight excluding hydrogens is 1190 g/mol. The maximum atomic E-state index is 15.0. The second-order valence-electron chi connectivity index (χ2n) is 25.8. The van der Waals surface area contributed by atoms with Crippen LogP contribution in [0.2, 0.25) is 0 Å². The molecule has 9 amide bonds. The second-order valence-corrected chi connectivity index (χ2v) is 28.3. The van der Waals surface area contributed by atoms with E-state index in [-0.39, 0.29) is 64.1 Å². The maximum absolute atomic E-state index is 15.0. The van der Waals surface area contributed by atoms with Crippen LogP contribution in [0.15, 0.2) is 42.5 Å². The Bertz CT molecular complexity index is 3140. The fourth-order valence-electron chi connectivity index (χ4n) is 12.5. The van der Waals surface area contributed by atoms with Crippen LogP contribution in [0, 0.1) is 37.5 Å². The summed E-state index contributed by atoms with van der Waals surface area (Å²) in [4.78, 5) is 152. The Morgan fingerprint density at radius 3 is 1.50 bits per heavy atom. The summed E-state index contributed by atoms with van der Waals surface area (Å²) in [5, 5.41) is 31.5. The Morgan fingerprint density at radius 1 is 0.522 bits per heavy atom. The third-order valence-corrected chi connectivity index (χ3v) is 19.8. The number of nitrogens with two attached hydrogens (primary N) is 2. The Labute approximate surface area is 537 Å². The van der Waals surface area contributed by atoms with Crippen molar-refractivity contribution >= 4 is 92.8 Å². The lowest BCUT2D eigenvalue weighted by Gasteiger charge is -2.33. The summed E-state index contributed by atoms with van der Waals surface area (Å²) in [6.45, 7) is 18.5. The second kappa shape index (κ2) is 31.9. The molecule has 2 fully saturated rings. The summed E-state index contributed by atoms with van der Waals surface area (Å²) in [5.74, 6) is -8.21. The van der Waals surface area contributed by atoms with Gasteiger partial charge in [0.25, 0.3) is 5.91 Å². The lowest BCUT2D eigenvalue weighted by Crippen LogP contribution is -2.63. The van der Waals surface area contributed by atoms with E-state index in [0.29, 0.717) is 41.0 Å². The SMILES string of the molecule is Cc1sc2cc1C1=C(CCC1)c1cc(sc1C)C(=O)[C@H]1CCCN1C(=O)[C@H](C(C)C)NC(=O)[C@H](CCCN)NC(=O)[C@H]([C@H](O)C(C)C)NC(=O)[C@@H]1CCCN1C(=O)[C@@H](Cc1ccccc1)NC(=O)[C@H](C(C)C)NC(=O)[C@H](CCCN)NC(=O)[C@H](C(C)C)NC2=O. The predicted molar refractivity (Wildman–Crippen MR) is 347 cm³/mol. The van der Waals surface area contributed by atoms with Gasteiger partial charge in [-0.2, -0.15) is 0 Å². The summed E-state index contributed by atoms with van der Waals surface area (Å²) in [7, 11) is 0. The van der Waals surface area contributed by atoms with Crippen LogP contribution in [-0.2, 0) is 44.8 Å². The molecule has 1 aromatic carbocycles. The van der Waals surface area contributed by atoms with Gasteiger partial charge in [-0.15, -0.1) is 22.7 Å². The van der Waals surface area contributed by atoms with E-state index in [0.717, 1.165) is 51.3 Å². The summed E-state index contributed by atoms with van der Waals surface area (Å²) in [6.07, 6.45) is 2.98. The van der Waals surface area contributed by atoms with Gasteiger partial charge in [-0.25, -0.2) is 0 Å². The molecule has 10 atom stereocenters. The highest BCUT2D eigenvalue weighted by molar-refractivity contribution is 7.14. The van der Waals surface area contributed by atoms with Gasteiger partial charge in [0.15, 0.2) is 5.78 Å². The monoisotopic (exact) mass is 1280 g/mol. The molecule has 90 heavy (non-hydrogen) atoms. The third kappa shape index (κ3) is 17.0. The highest BCUT2D eigenvalue weighted by Crippen LogP contribution is 2.45. The molecule has 0 saturated carbocycles. The predicted octanol–water partition coefficient (Wildman–Crippen LogP) is 4.41. The van der Waals surface area contributed by atoms with Gasteiger partial charge < -0.3 is 63.6 Å². The number of hydrogen-bond acceptors (Lipinski definition) is 15. The normalized spacial score (nSPS) is 25.6. The first-order chi connectivity index (χ1) is 42.8. The standard InChI is InChI=1S/C66H95N11O11S2/c1-34(2)52-63(85)71-47(31-40-19-12-11-13-20-40)65(87)77-30-18-26-49(77)60(82)75-55(56(78)37(7)8)64(86)70-46(24-16-28-68)59(81)74-54(36(5)6)66(88)76-29-17-25-48(76)57(79)50-32-43(38(9)89-50)41-21-14-22-42(41)44-33-51(90-39(44)10)61(83)73-53(35(3)4)62(84)69-45(23-15-27-67)58(80)72-52/h11-13,19-20,32-37,45-49,52-56,78H,14-18,21-31,67-68H2,1-10H3,(H,69,84)(H,70,86)(H,71,85)(H,72,80)(H,73,83)(H,74,81)(H,75,82)/t45-,46-,47+,48+,49-,52-,53-,54-,55-,56+/m0/s1. The molecule has 3 aromatic rings. The fraction of sp³-hybridized carbons (Fsp3) is 0.606. The van der Waals surface area contributed by atoms with E-state index in [2.05, 4.69) is 37.2 Å². The average Bonchev–Trinajstić information content (AvgIpc) is 4.09. The number of carbonyl (C=O) groups is 10. The Morgan fingerprint density at radius 2 is 0.978 bits per heavy atom. The molecule has 12 N–H and O–H groups in total. The van der Waals surface area contributed by atoms with Crippen LogP contribution in [0.5, 0.6) is 0 Å². The van der Waals surface area contributed by atoms with Crippen molar-refractivity contribution in [3.05, 3.63) is 78.7 Å². The Hall–Kier alpha value is -6.86. The van der Waals surface area contributed by atoms with E-state index < -0.39 is 137 Å². The van der Waals surface area contributed by atoms with Crippen molar-refractivity contribution in [1.82, 2.24) is 47.0 Å². The van der Waals surface area contributed by atoms with Crippen LogP contribution in [0.25, 0.3) is 11.1 Å². The van der Waals surface area contributed by atoms with Crippen molar-refractivity contribution in [1.29, 1.82) is 0 Å². The van der Waals surface area contributed by atoms with Crippen molar-refractivity contribution < 1.29 is 53.1 Å². The minimum Gasteiger partial charge on any atom is -0.390 e. The van der Waals surface area contributed by atoms with E-state index in [9.17, 15) is 48.3 Å². The summed E-state index contributed by atoms with van der Waals surface area (Å²) < 4.78 is 0. The first-order valence-electron chi connectivity index (χ1n) is 32.1. The molecule has 7 rings (SSSR count). The third-order valence-electron chi connectivity index (χ3n) is 17.7. The highest BCUT2D eigenvalue weighted by atomic mass is 32.1. The molecule has 492 valence electrons. The van der Waals surface area contributed by atoms with Crippen molar-refractivity contribution in [2.24, 2.45) is 35.1 Å². The minimum atomic E-state index is -1.63. The molecule has 3 aliphatic heterocycles. The number of nitrogens with one attached hydrogen (secondary N) is 7. The number of Topliss-reactive ketones (excluding diaryl/α,β-unsaturated/α-hetero) is 1. The van der Waals surface area contributed by atoms with E-state index in [1.54, 1.807) is 85.7 Å². The van der Waals surface area contributed by atoms with E-state index in [4.69, 9.17) is 11.5 Å². The number of thiophene rings is 2. The minimum absolute atomic E-state index is 0.0173. The number of ketones is 1. The lowest BCUT2D eigenvalue weighted by molar-refractivity contribution is -0.143. The number of rotatable bonds is 13. The smallest absolute Gasteiger partial charge is 0.262 e. The number of allylic oxidation sites excluding steroid dienone is 2. The molecule has 5 heterocycles. The number of amides is 9. The molecule has 22 nitrogen and oxygen atoms in total. The van der Waals surface area contributed by atoms with Gasteiger partial charge in [0, 0.05) is 29.3 Å². The maximum Gasteiger partial charge on any atom is 0.262 e. The number of nitrogens with zero attached hydrogens (tertiary/aromatic N) is 2. The number of carbonyl (C=O) groups excluding carboxylic acids is 10. The van der Waals surface area contributed by atoms with Gasteiger partial charge in [-0.1, -0.05) is 85.7 Å². The van der Waals surface area contributed by atoms with Gasteiger partial charge in [0.05, 0.1) is 21.9 Å². The first kappa shape index (κ1) is 70.6. The van der Waals surface area contributed by atoms with Crippen LogP contribution in [0.4, 0.5) is 0 Å². The largest absolute Gasteiger partial charge is 0.390 e. The molecule has 4 bridgehead atoms. The highest BCUT2D eigenvalue weighted by Gasteiger charge is 2.44. The molecule has 0 radical (unpaired) electrons. The molecule has 2 aromatic heterocycles. The number of aliphatic hydroxyl groups excluding tert-OH is 1. The topological polar surface area (TPSA) is 334 Å². The van der Waals surface area contributed by atoms with Gasteiger partial charge in [0.2, 0.25) is 47.3 Å². The van der Waals surface area contributed by atoms with Gasteiger partial charge >= 0.3 is 0 Å². The quantitative estimate of drug-likeness (QED) is 0.114. The molecule has 0 unspecified atom stereocenters. The molecule has 2 saturated heterocycles.